The predicted octanol–water partition coefficient (Wildman–Crippen LogP) is 2.68. The second-order valence-electron chi connectivity index (χ2n) is 9.43. The van der Waals surface area contributed by atoms with Gasteiger partial charge in [-0.1, -0.05) is 6.58 Å². The number of rotatable bonds is 7. The van der Waals surface area contributed by atoms with Gasteiger partial charge in [-0.3, -0.25) is 4.79 Å². The molecule has 1 saturated carbocycles. The van der Waals surface area contributed by atoms with Gasteiger partial charge >= 0.3 is 31.7 Å². The monoisotopic (exact) mass is 475 g/mol. The first kappa shape index (κ1) is 25.4. The Kier molecular flexibility index (Phi) is 8.27. The lowest BCUT2D eigenvalue weighted by atomic mass is 9.84. The summed E-state index contributed by atoms with van der Waals surface area (Å²) < 4.78 is 24.4. The van der Waals surface area contributed by atoms with E-state index in [1.807, 2.05) is 0 Å². The second kappa shape index (κ2) is 9.76. The average Bonchev–Trinajstić information content (AvgIpc) is 2.59. The maximum atomic E-state index is 12.3. The normalized spacial score (nSPS) is 30.7. The molecule has 1 heterocycles. The minimum Gasteiger partial charge on any atom is -0.458 e. The Bertz CT molecular complexity index is 642. The standard InChI is InChI=1S/C19H37NO7Si3/c1-8-18(22)20-14(2)19(23)24-17-13-15(9-10-16(17)21)11-12-30(7)26-28(3,4)25-29(5,6)27-30/h8,14-17,21H,1,9-13H2,2-7H3,(H,20,22). The number of carbonyl (C=O) groups is 2. The van der Waals surface area contributed by atoms with Gasteiger partial charge in [-0.15, -0.1) is 0 Å². The van der Waals surface area contributed by atoms with Gasteiger partial charge in [0.25, 0.3) is 0 Å². The first-order valence-corrected chi connectivity index (χ1v) is 18.8. The van der Waals surface area contributed by atoms with Crippen LogP contribution in [-0.4, -0.2) is 60.9 Å². The molecule has 0 aromatic heterocycles. The average molecular weight is 476 g/mol. The number of esters is 1. The molecule has 4 unspecified atom stereocenters. The summed E-state index contributed by atoms with van der Waals surface area (Å²) in [7, 11) is -6.68. The molecule has 0 aromatic rings. The van der Waals surface area contributed by atoms with Crippen LogP contribution in [0.15, 0.2) is 12.7 Å². The molecule has 2 rings (SSSR count). The van der Waals surface area contributed by atoms with Crippen LogP contribution in [0.4, 0.5) is 0 Å². The molecule has 0 aromatic carbocycles. The number of amides is 1. The van der Waals surface area contributed by atoms with Crippen LogP contribution in [0, 0.1) is 5.92 Å². The molecule has 1 aliphatic carbocycles. The lowest BCUT2D eigenvalue weighted by Gasteiger charge is -2.48. The minimum atomic E-state index is -2.33. The molecule has 8 nitrogen and oxygen atoms in total. The van der Waals surface area contributed by atoms with Crippen molar-refractivity contribution in [2.45, 2.75) is 89.6 Å². The van der Waals surface area contributed by atoms with Crippen molar-refractivity contribution in [1.82, 2.24) is 5.32 Å². The van der Waals surface area contributed by atoms with E-state index in [-0.39, 0.29) is 0 Å². The van der Waals surface area contributed by atoms with Crippen LogP contribution < -0.4 is 5.32 Å². The van der Waals surface area contributed by atoms with E-state index in [9.17, 15) is 14.7 Å². The van der Waals surface area contributed by atoms with Gasteiger partial charge in [-0.25, -0.2) is 4.79 Å². The highest BCUT2D eigenvalue weighted by Gasteiger charge is 2.52. The summed E-state index contributed by atoms with van der Waals surface area (Å²) in [4.78, 5) is 23.7. The van der Waals surface area contributed by atoms with Gasteiger partial charge in [0.1, 0.15) is 12.1 Å². The summed E-state index contributed by atoms with van der Waals surface area (Å²) in [5, 5.41) is 12.8. The Morgan fingerprint density at radius 1 is 1.17 bits per heavy atom. The van der Waals surface area contributed by atoms with Crippen LogP contribution in [0.1, 0.15) is 32.6 Å². The van der Waals surface area contributed by atoms with Crippen molar-refractivity contribution >= 4 is 37.6 Å². The van der Waals surface area contributed by atoms with Gasteiger partial charge in [0.15, 0.2) is 0 Å². The van der Waals surface area contributed by atoms with E-state index in [1.54, 1.807) is 6.92 Å². The molecular weight excluding hydrogens is 438 g/mol. The predicted molar refractivity (Wildman–Crippen MR) is 120 cm³/mol. The van der Waals surface area contributed by atoms with Crippen molar-refractivity contribution in [3.05, 3.63) is 12.7 Å². The SMILES string of the molecule is C=CC(=O)NC(C)C(=O)OC1CC(CC[Si]2(C)O[Si](C)(C)O[Si](C)(C)O2)CCC1O. The van der Waals surface area contributed by atoms with Crippen LogP contribution in [0.2, 0.25) is 38.8 Å². The molecule has 2 aliphatic rings. The number of hydrogen-bond donors (Lipinski definition) is 2. The smallest absolute Gasteiger partial charge is 0.328 e. The van der Waals surface area contributed by atoms with Crippen molar-refractivity contribution in [3.63, 3.8) is 0 Å². The van der Waals surface area contributed by atoms with E-state index in [0.29, 0.717) is 18.8 Å². The van der Waals surface area contributed by atoms with Crippen molar-refractivity contribution in [2.75, 3.05) is 0 Å². The lowest BCUT2D eigenvalue weighted by molar-refractivity contribution is -0.162. The fourth-order valence-electron chi connectivity index (χ4n) is 4.43. The molecule has 0 radical (unpaired) electrons. The Hall–Kier alpha value is -0.829. The lowest BCUT2D eigenvalue weighted by Crippen LogP contribution is -2.65. The van der Waals surface area contributed by atoms with E-state index >= 15 is 0 Å². The van der Waals surface area contributed by atoms with Gasteiger partial charge in [-0.2, -0.15) is 0 Å². The molecule has 172 valence electrons. The molecule has 11 heteroatoms. The minimum absolute atomic E-state index is 0.318. The van der Waals surface area contributed by atoms with Gasteiger partial charge in [0, 0.05) is 0 Å². The maximum absolute atomic E-state index is 12.3. The molecular formula is C19H37NO7Si3. The topological polar surface area (TPSA) is 103 Å². The quantitative estimate of drug-likeness (QED) is 0.331. The number of carbonyl (C=O) groups excluding carboxylic acids is 2. The first-order chi connectivity index (χ1) is 13.7. The number of hydrogen-bond acceptors (Lipinski definition) is 7. The Morgan fingerprint density at radius 2 is 1.77 bits per heavy atom. The summed E-state index contributed by atoms with van der Waals surface area (Å²) in [6.07, 6.45) is 2.81. The van der Waals surface area contributed by atoms with Crippen molar-refractivity contribution in [2.24, 2.45) is 5.92 Å². The van der Waals surface area contributed by atoms with E-state index in [4.69, 9.17) is 17.1 Å². The summed E-state index contributed by atoms with van der Waals surface area (Å²) >= 11 is 0. The van der Waals surface area contributed by atoms with E-state index in [0.717, 1.165) is 25.0 Å². The van der Waals surface area contributed by atoms with Crippen LogP contribution in [0.5, 0.6) is 0 Å². The zero-order chi connectivity index (χ0) is 22.7. The molecule has 1 saturated heterocycles. The molecule has 0 spiro atoms. The molecule has 4 atom stereocenters. The van der Waals surface area contributed by atoms with Gasteiger partial charge < -0.3 is 27.5 Å². The zero-order valence-electron chi connectivity index (χ0n) is 19.0. The Balaban J connectivity index is 1.91. The summed E-state index contributed by atoms with van der Waals surface area (Å²) in [6, 6.07) is 0.0639. The third-order valence-corrected chi connectivity index (χ3v) is 18.0. The third kappa shape index (κ3) is 7.39. The highest BCUT2D eigenvalue weighted by Crippen LogP contribution is 2.37. The molecule has 2 fully saturated rings. The highest BCUT2D eigenvalue weighted by molar-refractivity contribution is 6.92. The Morgan fingerprint density at radius 3 is 2.33 bits per heavy atom. The number of ether oxygens (including phenoxy) is 1. The van der Waals surface area contributed by atoms with Crippen molar-refractivity contribution in [1.29, 1.82) is 0 Å². The molecule has 1 amide bonds. The first-order valence-electron chi connectivity index (χ1n) is 10.7. The van der Waals surface area contributed by atoms with Crippen molar-refractivity contribution in [3.8, 4) is 0 Å². The van der Waals surface area contributed by atoms with Gasteiger partial charge in [0.2, 0.25) is 5.91 Å². The Labute approximate surface area is 183 Å². The zero-order valence-corrected chi connectivity index (χ0v) is 22.0. The molecule has 30 heavy (non-hydrogen) atoms. The number of nitrogens with one attached hydrogen (secondary N) is 1. The number of aliphatic hydroxyl groups is 1. The largest absolute Gasteiger partial charge is 0.458 e. The van der Waals surface area contributed by atoms with Crippen LogP contribution in [0.3, 0.4) is 0 Å². The molecule has 1 aliphatic heterocycles. The summed E-state index contributed by atoms with van der Waals surface area (Å²) in [6.45, 7) is 15.4. The summed E-state index contributed by atoms with van der Waals surface area (Å²) in [5.41, 5.74) is 0. The van der Waals surface area contributed by atoms with Crippen LogP contribution in [0.25, 0.3) is 0 Å². The highest BCUT2D eigenvalue weighted by atomic mass is 28.5. The number of aliphatic hydroxyl groups excluding tert-OH is 1. The fraction of sp³-hybridized carbons (Fsp3) is 0.789. The van der Waals surface area contributed by atoms with Crippen molar-refractivity contribution < 1.29 is 31.8 Å². The maximum Gasteiger partial charge on any atom is 0.328 e. The molecule has 2 N–H and O–H groups in total. The van der Waals surface area contributed by atoms with Gasteiger partial charge in [-0.05, 0) is 83.4 Å². The fourth-order valence-corrected chi connectivity index (χ4v) is 20.9. The van der Waals surface area contributed by atoms with Gasteiger partial charge in [0.05, 0.1) is 6.10 Å². The van der Waals surface area contributed by atoms with Crippen LogP contribution >= 0.6 is 0 Å². The second-order valence-corrected chi connectivity index (χ2v) is 20.3. The third-order valence-electron chi connectivity index (χ3n) is 5.45. The van der Waals surface area contributed by atoms with E-state index in [2.05, 4.69) is 44.6 Å². The van der Waals surface area contributed by atoms with E-state index in [1.165, 1.54) is 0 Å². The summed E-state index contributed by atoms with van der Waals surface area (Å²) in [5.74, 6) is -0.667. The van der Waals surface area contributed by atoms with Crippen LogP contribution in [-0.2, 0) is 26.7 Å². The van der Waals surface area contributed by atoms with E-state index < -0.39 is 55.8 Å². The molecule has 0 bridgehead atoms.